The minimum absolute atomic E-state index is 0.0510. The number of unbranched alkanes of at least 4 members (excludes halogenated alkanes) is 2. The van der Waals surface area contributed by atoms with Crippen LogP contribution in [0.25, 0.3) is 0 Å². The lowest BCUT2D eigenvalue weighted by molar-refractivity contribution is -0.118. The summed E-state index contributed by atoms with van der Waals surface area (Å²) in [6, 6.07) is 1.18. The molecule has 198 valence electrons. The summed E-state index contributed by atoms with van der Waals surface area (Å²) in [6.45, 7) is 31.2. The minimum Gasteiger partial charge on any atom is -0.415 e. The standard InChI is InChI=1S/C27H54N2O3Si2/c1-13-27(8,18-14-15-19-28-24(30)22(2)3)34(11,12)32-26(6,7)33(9,10)21-17-16-20-29-25(31)23(4)5/h2,4,13-21H2,1,3,5-12H3,(H,28,30)(H,29,31). The number of hydrogen-bond acceptors (Lipinski definition) is 3. The largest absolute Gasteiger partial charge is 0.415 e. The second-order valence-corrected chi connectivity index (χ2v) is 21.8. The van der Waals surface area contributed by atoms with Crippen molar-refractivity contribution in [2.75, 3.05) is 13.1 Å². The molecule has 7 heteroatoms. The molecule has 0 rings (SSSR count). The van der Waals surface area contributed by atoms with E-state index in [-0.39, 0.29) is 22.1 Å². The van der Waals surface area contributed by atoms with Crippen molar-refractivity contribution in [2.24, 2.45) is 0 Å². The van der Waals surface area contributed by atoms with Gasteiger partial charge >= 0.3 is 0 Å². The molecule has 0 saturated heterocycles. The van der Waals surface area contributed by atoms with Crippen molar-refractivity contribution in [3.05, 3.63) is 24.3 Å². The Hall–Kier alpha value is -1.19. The van der Waals surface area contributed by atoms with Crippen molar-refractivity contribution in [3.8, 4) is 0 Å². The summed E-state index contributed by atoms with van der Waals surface area (Å²) in [5.41, 5.74) is 1.12. The first-order valence-corrected chi connectivity index (χ1v) is 19.1. The van der Waals surface area contributed by atoms with Gasteiger partial charge in [-0.3, -0.25) is 9.59 Å². The fourth-order valence-electron chi connectivity index (χ4n) is 4.14. The Morgan fingerprint density at radius 2 is 1.26 bits per heavy atom. The zero-order valence-corrected chi connectivity index (χ0v) is 26.0. The van der Waals surface area contributed by atoms with Gasteiger partial charge in [0.25, 0.3) is 0 Å². The maximum absolute atomic E-state index is 11.7. The Balaban J connectivity index is 4.91. The minimum atomic E-state index is -2.02. The van der Waals surface area contributed by atoms with Gasteiger partial charge < -0.3 is 15.1 Å². The van der Waals surface area contributed by atoms with Crippen molar-refractivity contribution in [1.29, 1.82) is 0 Å². The maximum atomic E-state index is 11.7. The smallest absolute Gasteiger partial charge is 0.246 e. The van der Waals surface area contributed by atoms with Gasteiger partial charge in [-0.05, 0) is 65.1 Å². The van der Waals surface area contributed by atoms with Gasteiger partial charge in [0.15, 0.2) is 8.32 Å². The van der Waals surface area contributed by atoms with Gasteiger partial charge in [-0.15, -0.1) is 0 Å². The number of carbonyl (C=O) groups is 2. The van der Waals surface area contributed by atoms with Crippen LogP contribution in [0, 0.1) is 0 Å². The van der Waals surface area contributed by atoms with Crippen molar-refractivity contribution in [2.45, 2.75) is 123 Å². The van der Waals surface area contributed by atoms with Crippen LogP contribution < -0.4 is 10.6 Å². The lowest BCUT2D eigenvalue weighted by Gasteiger charge is -2.51. The zero-order valence-electron chi connectivity index (χ0n) is 24.0. The Kier molecular flexibility index (Phi) is 13.3. The summed E-state index contributed by atoms with van der Waals surface area (Å²) in [4.78, 5) is 23.4. The van der Waals surface area contributed by atoms with E-state index in [4.69, 9.17) is 4.43 Å². The first-order chi connectivity index (χ1) is 15.4. The van der Waals surface area contributed by atoms with Crippen LogP contribution in [0.5, 0.6) is 0 Å². The molecule has 0 aliphatic rings. The summed E-state index contributed by atoms with van der Waals surface area (Å²) in [5.74, 6) is -0.103. The second-order valence-electron chi connectivity index (χ2n) is 11.9. The van der Waals surface area contributed by atoms with Crippen LogP contribution in [-0.2, 0) is 14.0 Å². The first-order valence-electron chi connectivity index (χ1n) is 13.0. The van der Waals surface area contributed by atoms with Crippen LogP contribution >= 0.6 is 0 Å². The third kappa shape index (κ3) is 10.2. The van der Waals surface area contributed by atoms with Gasteiger partial charge in [0.05, 0.1) is 8.07 Å². The molecular weight excluding hydrogens is 456 g/mol. The normalized spacial score (nSPS) is 14.3. The Bertz CT molecular complexity index is 717. The lowest BCUT2D eigenvalue weighted by atomic mass is 10.00. The van der Waals surface area contributed by atoms with Crippen molar-refractivity contribution < 1.29 is 14.0 Å². The molecule has 0 radical (unpaired) electrons. The van der Waals surface area contributed by atoms with Crippen LogP contribution in [0.3, 0.4) is 0 Å². The molecule has 0 saturated carbocycles. The second kappa shape index (κ2) is 13.8. The van der Waals surface area contributed by atoms with Crippen molar-refractivity contribution >= 4 is 28.2 Å². The predicted octanol–water partition coefficient (Wildman–Crippen LogP) is 6.74. The molecule has 0 aliphatic heterocycles. The molecule has 0 aromatic rings. The lowest BCUT2D eigenvalue weighted by Crippen LogP contribution is -2.59. The van der Waals surface area contributed by atoms with Gasteiger partial charge in [0, 0.05) is 29.5 Å². The van der Waals surface area contributed by atoms with Crippen LogP contribution in [0.4, 0.5) is 0 Å². The average Bonchev–Trinajstić information content (AvgIpc) is 2.71. The van der Waals surface area contributed by atoms with Crippen molar-refractivity contribution in [1.82, 2.24) is 10.6 Å². The molecule has 5 nitrogen and oxygen atoms in total. The highest BCUT2D eigenvalue weighted by Crippen LogP contribution is 2.48. The van der Waals surface area contributed by atoms with E-state index in [1.54, 1.807) is 13.8 Å². The quantitative estimate of drug-likeness (QED) is 0.129. The molecule has 0 aromatic heterocycles. The number of amides is 2. The molecule has 34 heavy (non-hydrogen) atoms. The molecule has 1 atom stereocenters. The number of nitrogens with one attached hydrogen (secondary N) is 2. The van der Waals surface area contributed by atoms with E-state index in [0.29, 0.717) is 24.2 Å². The molecule has 0 aliphatic carbocycles. The van der Waals surface area contributed by atoms with E-state index in [2.05, 4.69) is 77.7 Å². The summed E-state index contributed by atoms with van der Waals surface area (Å²) < 4.78 is 7.14. The van der Waals surface area contributed by atoms with Crippen LogP contribution in [0.1, 0.15) is 80.1 Å². The van der Waals surface area contributed by atoms with E-state index in [9.17, 15) is 9.59 Å². The molecule has 2 N–H and O–H groups in total. The highest BCUT2D eigenvalue weighted by Gasteiger charge is 2.50. The molecule has 0 aromatic carbocycles. The molecule has 2 amide bonds. The summed E-state index contributed by atoms with van der Waals surface area (Å²) in [7, 11) is -3.69. The van der Waals surface area contributed by atoms with E-state index < -0.39 is 16.4 Å². The van der Waals surface area contributed by atoms with Gasteiger partial charge in [-0.25, -0.2) is 0 Å². The average molecular weight is 511 g/mol. The summed E-state index contributed by atoms with van der Waals surface area (Å²) in [6.07, 6.45) is 6.37. The molecule has 1 unspecified atom stereocenters. The molecule has 0 fully saturated rings. The van der Waals surface area contributed by atoms with Crippen LogP contribution in [0.15, 0.2) is 24.3 Å². The number of rotatable bonds is 17. The topological polar surface area (TPSA) is 67.4 Å². The highest BCUT2D eigenvalue weighted by atomic mass is 28.4. The van der Waals surface area contributed by atoms with E-state index in [0.717, 1.165) is 38.5 Å². The number of carbonyl (C=O) groups excluding carboxylic acids is 2. The maximum Gasteiger partial charge on any atom is 0.246 e. The van der Waals surface area contributed by atoms with E-state index in [1.807, 2.05) is 0 Å². The van der Waals surface area contributed by atoms with Gasteiger partial charge in [0.1, 0.15) is 0 Å². The monoisotopic (exact) mass is 510 g/mol. The Morgan fingerprint density at radius 1 is 0.824 bits per heavy atom. The summed E-state index contributed by atoms with van der Waals surface area (Å²) in [5, 5.41) is 5.95. The van der Waals surface area contributed by atoms with E-state index >= 15 is 0 Å². The Morgan fingerprint density at radius 3 is 1.68 bits per heavy atom. The molecule has 0 spiro atoms. The fourth-order valence-corrected chi connectivity index (χ4v) is 10.9. The molecular formula is C27H54N2O3Si2. The van der Waals surface area contributed by atoms with Gasteiger partial charge in [-0.2, -0.15) is 0 Å². The SMILES string of the molecule is C=C(C)C(=O)NCCCCC(C)(CC)[Si](C)(C)OC(C)(C)[Si](C)(C)CCCCNC(=O)C(=C)C. The van der Waals surface area contributed by atoms with Crippen LogP contribution in [-0.4, -0.2) is 46.5 Å². The van der Waals surface area contributed by atoms with Crippen molar-refractivity contribution in [3.63, 3.8) is 0 Å². The fraction of sp³-hybridized carbons (Fsp3) is 0.778. The Labute approximate surface area is 212 Å². The zero-order chi connectivity index (χ0) is 26.8. The first kappa shape index (κ1) is 32.8. The van der Waals surface area contributed by atoms with Crippen LogP contribution in [0.2, 0.25) is 37.3 Å². The van der Waals surface area contributed by atoms with Gasteiger partial charge in [-0.1, -0.05) is 65.4 Å². The van der Waals surface area contributed by atoms with E-state index in [1.165, 1.54) is 6.04 Å². The third-order valence-corrected chi connectivity index (χ3v) is 17.8. The third-order valence-electron chi connectivity index (χ3n) is 8.10. The molecule has 0 heterocycles. The molecule has 0 bridgehead atoms. The highest BCUT2D eigenvalue weighted by molar-refractivity contribution is 6.82. The predicted molar refractivity (Wildman–Crippen MR) is 152 cm³/mol. The number of hydrogen-bond donors (Lipinski definition) is 2. The van der Waals surface area contributed by atoms with Gasteiger partial charge in [0.2, 0.25) is 11.8 Å². The summed E-state index contributed by atoms with van der Waals surface area (Å²) >= 11 is 0.